The smallest absolute Gasteiger partial charge is 0.307 e. The van der Waals surface area contributed by atoms with E-state index in [-0.39, 0.29) is 17.3 Å². The van der Waals surface area contributed by atoms with Gasteiger partial charge in [0.05, 0.1) is 28.7 Å². The topological polar surface area (TPSA) is 88.5 Å². The predicted octanol–water partition coefficient (Wildman–Crippen LogP) is 4.13. The monoisotopic (exact) mass is 481 g/mol. The van der Waals surface area contributed by atoms with Crippen molar-refractivity contribution in [2.24, 2.45) is 7.05 Å². The maximum atomic E-state index is 12.7. The van der Waals surface area contributed by atoms with Crippen molar-refractivity contribution < 1.29 is 13.2 Å². The lowest BCUT2D eigenvalue weighted by Crippen LogP contribution is -2.29. The molecule has 4 aromatic rings. The SMILES string of the molecule is Cc1cccc(N(Cc2ccc(C(=O)Nc3ccc4c(c3)sc(=O)n4C)cc2)S(C)(=O)=O)c1. The summed E-state index contributed by atoms with van der Waals surface area (Å²) in [5.41, 5.74) is 4.18. The summed E-state index contributed by atoms with van der Waals surface area (Å²) < 4.78 is 28.5. The summed E-state index contributed by atoms with van der Waals surface area (Å²) in [6.45, 7) is 2.07. The molecule has 170 valence electrons. The molecule has 0 unspecified atom stereocenters. The van der Waals surface area contributed by atoms with E-state index in [0.29, 0.717) is 16.9 Å². The van der Waals surface area contributed by atoms with Gasteiger partial charge in [-0.15, -0.1) is 0 Å². The second-order valence-corrected chi connectivity index (χ2v) is 10.8. The third-order valence-electron chi connectivity index (χ3n) is 5.28. The van der Waals surface area contributed by atoms with Crippen LogP contribution in [0.5, 0.6) is 0 Å². The van der Waals surface area contributed by atoms with Crippen LogP contribution in [0.1, 0.15) is 21.5 Å². The Labute approximate surface area is 196 Å². The van der Waals surface area contributed by atoms with Crippen molar-refractivity contribution in [3.63, 3.8) is 0 Å². The largest absolute Gasteiger partial charge is 0.322 e. The lowest BCUT2D eigenvalue weighted by molar-refractivity contribution is 0.102. The number of thiazole rings is 1. The summed E-state index contributed by atoms with van der Waals surface area (Å²) >= 11 is 1.13. The number of carbonyl (C=O) groups is 1. The highest BCUT2D eigenvalue weighted by atomic mass is 32.2. The minimum atomic E-state index is -3.49. The lowest BCUT2D eigenvalue weighted by atomic mass is 10.1. The summed E-state index contributed by atoms with van der Waals surface area (Å²) in [5, 5.41) is 2.85. The second kappa shape index (κ2) is 8.84. The van der Waals surface area contributed by atoms with Crippen molar-refractivity contribution in [2.45, 2.75) is 13.5 Å². The Morgan fingerprint density at radius 2 is 1.79 bits per heavy atom. The molecule has 1 amide bonds. The summed E-state index contributed by atoms with van der Waals surface area (Å²) in [6.07, 6.45) is 1.18. The minimum Gasteiger partial charge on any atom is -0.322 e. The van der Waals surface area contributed by atoms with Gasteiger partial charge in [0.1, 0.15) is 0 Å². The van der Waals surface area contributed by atoms with Gasteiger partial charge in [-0.1, -0.05) is 35.6 Å². The zero-order valence-corrected chi connectivity index (χ0v) is 20.0. The first-order chi connectivity index (χ1) is 15.6. The highest BCUT2D eigenvalue weighted by Gasteiger charge is 2.18. The van der Waals surface area contributed by atoms with Gasteiger partial charge in [0.2, 0.25) is 10.0 Å². The maximum absolute atomic E-state index is 12.7. The van der Waals surface area contributed by atoms with E-state index in [2.05, 4.69) is 5.32 Å². The molecule has 4 rings (SSSR count). The molecule has 1 aromatic heterocycles. The summed E-state index contributed by atoms with van der Waals surface area (Å²) in [5.74, 6) is -0.289. The average Bonchev–Trinajstić information content (AvgIpc) is 3.04. The Bertz CT molecular complexity index is 1500. The Morgan fingerprint density at radius 1 is 1.06 bits per heavy atom. The van der Waals surface area contributed by atoms with E-state index in [4.69, 9.17) is 0 Å². The van der Waals surface area contributed by atoms with E-state index in [1.807, 2.05) is 25.1 Å². The Morgan fingerprint density at radius 3 is 2.45 bits per heavy atom. The highest BCUT2D eigenvalue weighted by Crippen LogP contribution is 2.23. The molecule has 0 aliphatic heterocycles. The van der Waals surface area contributed by atoms with Crippen LogP contribution in [0.4, 0.5) is 11.4 Å². The third kappa shape index (κ3) is 4.99. The first-order valence-corrected chi connectivity index (χ1v) is 12.8. The fourth-order valence-electron chi connectivity index (χ4n) is 3.53. The van der Waals surface area contributed by atoms with Crippen LogP contribution in [0.15, 0.2) is 71.5 Å². The van der Waals surface area contributed by atoms with Crippen LogP contribution in [0, 0.1) is 6.92 Å². The van der Waals surface area contributed by atoms with E-state index in [0.717, 1.165) is 32.7 Å². The number of hydrogen-bond acceptors (Lipinski definition) is 5. The second-order valence-electron chi connectivity index (χ2n) is 7.87. The van der Waals surface area contributed by atoms with E-state index in [1.165, 1.54) is 10.6 Å². The van der Waals surface area contributed by atoms with E-state index in [9.17, 15) is 18.0 Å². The van der Waals surface area contributed by atoms with Gasteiger partial charge in [-0.25, -0.2) is 8.42 Å². The molecule has 1 N–H and O–H groups in total. The number of anilines is 2. The summed E-state index contributed by atoms with van der Waals surface area (Å²) in [7, 11) is -1.78. The fourth-order valence-corrected chi connectivity index (χ4v) is 5.32. The molecule has 0 fully saturated rings. The normalized spacial score (nSPS) is 11.5. The minimum absolute atomic E-state index is 0.0575. The molecule has 33 heavy (non-hydrogen) atoms. The third-order valence-corrected chi connectivity index (χ3v) is 7.42. The van der Waals surface area contributed by atoms with Crippen LogP contribution in [-0.2, 0) is 23.6 Å². The first-order valence-electron chi connectivity index (χ1n) is 10.2. The number of carbonyl (C=O) groups excluding carboxylic acids is 1. The number of aromatic nitrogens is 1. The van der Waals surface area contributed by atoms with Crippen molar-refractivity contribution >= 4 is 48.9 Å². The van der Waals surface area contributed by atoms with Crippen molar-refractivity contribution in [3.05, 3.63) is 93.1 Å². The Hall–Kier alpha value is -3.43. The number of nitrogens with zero attached hydrogens (tertiary/aromatic N) is 2. The molecule has 0 saturated carbocycles. The molecule has 0 radical (unpaired) electrons. The van der Waals surface area contributed by atoms with Gasteiger partial charge in [-0.2, -0.15) is 0 Å². The number of benzene rings is 3. The van der Waals surface area contributed by atoms with Crippen LogP contribution in [0.2, 0.25) is 0 Å². The zero-order valence-electron chi connectivity index (χ0n) is 18.4. The predicted molar refractivity (Wildman–Crippen MR) is 134 cm³/mol. The Balaban J connectivity index is 1.51. The summed E-state index contributed by atoms with van der Waals surface area (Å²) in [4.78, 5) is 24.5. The van der Waals surface area contributed by atoms with Crippen LogP contribution >= 0.6 is 11.3 Å². The number of hydrogen-bond donors (Lipinski definition) is 1. The van der Waals surface area contributed by atoms with Crippen LogP contribution in [0.3, 0.4) is 0 Å². The Kier molecular flexibility index (Phi) is 6.09. The number of rotatable bonds is 6. The van der Waals surface area contributed by atoms with Crippen LogP contribution in [0.25, 0.3) is 10.2 Å². The molecule has 0 aliphatic carbocycles. The van der Waals surface area contributed by atoms with Gasteiger partial charge in [0.15, 0.2) is 0 Å². The number of nitrogens with one attached hydrogen (secondary N) is 1. The average molecular weight is 482 g/mol. The molecule has 0 atom stereocenters. The molecule has 9 heteroatoms. The van der Waals surface area contributed by atoms with Gasteiger partial charge in [0.25, 0.3) is 5.91 Å². The van der Waals surface area contributed by atoms with Gasteiger partial charge >= 0.3 is 4.87 Å². The van der Waals surface area contributed by atoms with Gasteiger partial charge in [0, 0.05) is 18.3 Å². The van der Waals surface area contributed by atoms with Crippen molar-refractivity contribution in [2.75, 3.05) is 15.9 Å². The van der Waals surface area contributed by atoms with Crippen molar-refractivity contribution in [1.82, 2.24) is 4.57 Å². The molecule has 0 bridgehead atoms. The number of aryl methyl sites for hydroxylation is 2. The fraction of sp³-hybridized carbons (Fsp3) is 0.167. The maximum Gasteiger partial charge on any atom is 0.307 e. The lowest BCUT2D eigenvalue weighted by Gasteiger charge is -2.23. The molecule has 0 saturated heterocycles. The van der Waals surface area contributed by atoms with Crippen molar-refractivity contribution in [1.29, 1.82) is 0 Å². The van der Waals surface area contributed by atoms with E-state index >= 15 is 0 Å². The molecule has 0 aliphatic rings. The van der Waals surface area contributed by atoms with E-state index in [1.54, 1.807) is 60.1 Å². The van der Waals surface area contributed by atoms with Crippen molar-refractivity contribution in [3.8, 4) is 0 Å². The molecular weight excluding hydrogens is 458 g/mol. The number of fused-ring (bicyclic) bond motifs is 1. The number of amides is 1. The van der Waals surface area contributed by atoms with Crippen LogP contribution < -0.4 is 14.5 Å². The quantitative estimate of drug-likeness (QED) is 0.449. The molecule has 1 heterocycles. The molecule has 7 nitrogen and oxygen atoms in total. The van der Waals surface area contributed by atoms with Gasteiger partial charge in [-0.3, -0.25) is 13.9 Å². The highest BCUT2D eigenvalue weighted by molar-refractivity contribution is 7.92. The van der Waals surface area contributed by atoms with Crippen LogP contribution in [-0.4, -0.2) is 25.1 Å². The van der Waals surface area contributed by atoms with E-state index < -0.39 is 10.0 Å². The molecule has 3 aromatic carbocycles. The van der Waals surface area contributed by atoms with Gasteiger partial charge < -0.3 is 9.88 Å². The number of sulfonamides is 1. The molecule has 0 spiro atoms. The summed E-state index contributed by atoms with van der Waals surface area (Å²) in [6, 6.07) is 19.5. The van der Waals surface area contributed by atoms with Gasteiger partial charge in [-0.05, 0) is 60.5 Å². The first kappa shape index (κ1) is 22.8. The molecular formula is C24H23N3O4S2. The standard InChI is InChI=1S/C24H23N3O4S2/c1-16-5-4-6-20(13-16)27(33(3,30)31)15-17-7-9-18(10-8-17)23(28)25-19-11-12-21-22(14-19)32-24(29)26(21)2/h4-14H,15H2,1-3H3,(H,25,28). The zero-order chi connectivity index (χ0) is 23.8.